The van der Waals surface area contributed by atoms with E-state index in [-0.39, 0.29) is 25.0 Å². The van der Waals surface area contributed by atoms with E-state index in [9.17, 15) is 9.59 Å². The quantitative estimate of drug-likeness (QED) is 0.774. The van der Waals surface area contributed by atoms with Crippen molar-refractivity contribution in [3.05, 3.63) is 48.2 Å². The second kappa shape index (κ2) is 8.58. The number of carbonyl (C=O) groups excluding carboxylic acids is 1. The fraction of sp³-hybridized carbons (Fsp3) is 0.350. The number of nitrogens with zero attached hydrogens (tertiary/aromatic N) is 2. The number of hydrogen-bond acceptors (Lipinski definition) is 4. The average molecular weight is 354 g/mol. The first-order valence-corrected chi connectivity index (χ1v) is 8.77. The van der Waals surface area contributed by atoms with Crippen molar-refractivity contribution in [1.29, 1.82) is 0 Å². The van der Waals surface area contributed by atoms with E-state index in [0.29, 0.717) is 13.2 Å². The molecule has 1 fully saturated rings. The summed E-state index contributed by atoms with van der Waals surface area (Å²) in [7, 11) is 0. The van der Waals surface area contributed by atoms with Crippen molar-refractivity contribution in [2.24, 2.45) is 0 Å². The summed E-state index contributed by atoms with van der Waals surface area (Å²) in [4.78, 5) is 29.4. The number of para-hydroxylation sites is 1. The summed E-state index contributed by atoms with van der Waals surface area (Å²) in [5, 5.41) is 9.94. The molecule has 26 heavy (non-hydrogen) atoms. The Hall–Kier alpha value is -2.73. The van der Waals surface area contributed by atoms with Gasteiger partial charge < -0.3 is 14.7 Å². The molecule has 1 aromatic heterocycles. The lowest BCUT2D eigenvalue weighted by atomic mass is 10.1. The summed E-state index contributed by atoms with van der Waals surface area (Å²) in [6, 6.07) is 9.63. The number of aromatic nitrogens is 1. The van der Waals surface area contributed by atoms with Gasteiger partial charge in [0.2, 0.25) is 5.91 Å². The van der Waals surface area contributed by atoms with Crippen molar-refractivity contribution in [2.45, 2.75) is 25.4 Å². The summed E-state index contributed by atoms with van der Waals surface area (Å²) in [6.45, 7) is 1.29. The first-order chi connectivity index (χ1) is 12.6. The zero-order chi connectivity index (χ0) is 18.4. The molecule has 0 saturated carbocycles. The second-order valence-corrected chi connectivity index (χ2v) is 6.32. The molecule has 0 aliphatic carbocycles. The molecular weight excluding hydrogens is 332 g/mol. The van der Waals surface area contributed by atoms with Crippen LogP contribution in [0.25, 0.3) is 17.0 Å². The van der Waals surface area contributed by atoms with Gasteiger partial charge in [0.05, 0.1) is 18.0 Å². The minimum Gasteiger partial charge on any atom is -0.481 e. The summed E-state index contributed by atoms with van der Waals surface area (Å²) < 4.78 is 5.59. The van der Waals surface area contributed by atoms with Crippen LogP contribution < -0.4 is 0 Å². The summed E-state index contributed by atoms with van der Waals surface area (Å²) in [5.41, 5.74) is 1.68. The van der Waals surface area contributed by atoms with E-state index in [1.807, 2.05) is 30.3 Å². The van der Waals surface area contributed by atoms with E-state index < -0.39 is 5.97 Å². The number of carboxylic acids is 1. The van der Waals surface area contributed by atoms with Gasteiger partial charge in [-0.15, -0.1) is 0 Å². The molecule has 1 unspecified atom stereocenters. The highest BCUT2D eigenvalue weighted by Gasteiger charge is 2.22. The Bertz CT molecular complexity index is 807. The molecule has 6 nitrogen and oxygen atoms in total. The van der Waals surface area contributed by atoms with Crippen LogP contribution in [0.5, 0.6) is 0 Å². The Morgan fingerprint density at radius 3 is 2.92 bits per heavy atom. The van der Waals surface area contributed by atoms with Gasteiger partial charge in [0.25, 0.3) is 0 Å². The van der Waals surface area contributed by atoms with Crippen LogP contribution in [0, 0.1) is 0 Å². The number of benzene rings is 1. The molecule has 2 aromatic rings. The molecule has 2 heterocycles. The topological polar surface area (TPSA) is 79.7 Å². The minimum atomic E-state index is -0.919. The molecular formula is C20H22N2O4. The Morgan fingerprint density at radius 1 is 1.31 bits per heavy atom. The highest BCUT2D eigenvalue weighted by molar-refractivity contribution is 5.95. The molecule has 1 aliphatic rings. The Labute approximate surface area is 152 Å². The Balaban J connectivity index is 1.74. The molecule has 0 bridgehead atoms. The van der Waals surface area contributed by atoms with E-state index in [2.05, 4.69) is 4.98 Å². The second-order valence-electron chi connectivity index (χ2n) is 6.32. The summed E-state index contributed by atoms with van der Waals surface area (Å²) >= 11 is 0. The van der Waals surface area contributed by atoms with Crippen molar-refractivity contribution < 1.29 is 19.4 Å². The Morgan fingerprint density at radius 2 is 2.15 bits per heavy atom. The lowest BCUT2D eigenvalue weighted by molar-refractivity contribution is -0.138. The number of amides is 1. The molecule has 1 saturated heterocycles. The predicted octanol–water partition coefficient (Wildman–Crippen LogP) is 2.73. The summed E-state index contributed by atoms with van der Waals surface area (Å²) in [6.07, 6.45) is 6.72. The van der Waals surface area contributed by atoms with Crippen molar-refractivity contribution in [3.8, 4) is 0 Å². The van der Waals surface area contributed by atoms with E-state index in [1.54, 1.807) is 17.2 Å². The van der Waals surface area contributed by atoms with E-state index in [4.69, 9.17) is 9.84 Å². The number of carboxylic acid groups (broad SMARTS) is 1. The van der Waals surface area contributed by atoms with Gasteiger partial charge in [0.1, 0.15) is 0 Å². The van der Waals surface area contributed by atoms with Crippen LogP contribution in [0.3, 0.4) is 0 Å². The lowest BCUT2D eigenvalue weighted by Gasteiger charge is -2.23. The largest absolute Gasteiger partial charge is 0.481 e. The highest BCUT2D eigenvalue weighted by atomic mass is 16.5. The van der Waals surface area contributed by atoms with Gasteiger partial charge in [-0.05, 0) is 25.0 Å². The number of hydrogen-bond donors (Lipinski definition) is 1. The molecule has 0 radical (unpaired) electrons. The number of rotatable bonds is 7. The van der Waals surface area contributed by atoms with E-state index in [1.165, 1.54) is 6.08 Å². The fourth-order valence-corrected chi connectivity index (χ4v) is 3.08. The molecule has 136 valence electrons. The summed E-state index contributed by atoms with van der Waals surface area (Å²) in [5.74, 6) is -1.13. The standard InChI is InChI=1S/C20H22N2O4/c23-18(22(12-10-19(24)25)14-17-7-3-13-26-17)9-8-16-5-1-4-15-6-2-11-21-20(15)16/h1-2,4-6,8-9,11,17H,3,7,10,12-14H2,(H,24,25). The molecule has 3 rings (SSSR count). The van der Waals surface area contributed by atoms with Crippen LogP contribution in [-0.4, -0.2) is 52.7 Å². The SMILES string of the molecule is O=C(O)CCN(CC1CCCO1)C(=O)C=Cc1cccc2cccnc12. The van der Waals surface area contributed by atoms with Gasteiger partial charge in [0.15, 0.2) is 0 Å². The van der Waals surface area contributed by atoms with Crippen LogP contribution in [0.2, 0.25) is 0 Å². The minimum absolute atomic E-state index is 0.0135. The third-order valence-corrected chi connectivity index (χ3v) is 4.42. The molecule has 1 aliphatic heterocycles. The number of carbonyl (C=O) groups is 2. The molecule has 1 atom stereocenters. The maximum atomic E-state index is 12.6. The van der Waals surface area contributed by atoms with Crippen molar-refractivity contribution >= 4 is 28.9 Å². The number of pyridine rings is 1. The molecule has 0 spiro atoms. The number of aliphatic carboxylic acids is 1. The monoisotopic (exact) mass is 354 g/mol. The maximum Gasteiger partial charge on any atom is 0.305 e. The van der Waals surface area contributed by atoms with Gasteiger partial charge in [-0.3, -0.25) is 14.6 Å². The van der Waals surface area contributed by atoms with Crippen LogP contribution in [0.15, 0.2) is 42.6 Å². The van der Waals surface area contributed by atoms with Gasteiger partial charge in [-0.2, -0.15) is 0 Å². The van der Waals surface area contributed by atoms with E-state index >= 15 is 0 Å². The highest BCUT2D eigenvalue weighted by Crippen LogP contribution is 2.18. The normalized spacial score (nSPS) is 17.0. The first kappa shape index (κ1) is 18.1. The number of fused-ring (bicyclic) bond motifs is 1. The predicted molar refractivity (Wildman–Crippen MR) is 98.6 cm³/mol. The molecule has 1 amide bonds. The average Bonchev–Trinajstić information content (AvgIpc) is 3.16. The lowest BCUT2D eigenvalue weighted by Crippen LogP contribution is -2.37. The molecule has 1 aromatic carbocycles. The van der Waals surface area contributed by atoms with E-state index in [0.717, 1.165) is 29.3 Å². The Kier molecular flexibility index (Phi) is 5.96. The van der Waals surface area contributed by atoms with Crippen LogP contribution >= 0.6 is 0 Å². The van der Waals surface area contributed by atoms with Crippen LogP contribution in [-0.2, 0) is 14.3 Å². The molecule has 1 N–H and O–H groups in total. The van der Waals surface area contributed by atoms with Crippen molar-refractivity contribution in [1.82, 2.24) is 9.88 Å². The smallest absolute Gasteiger partial charge is 0.305 e. The third kappa shape index (κ3) is 4.67. The third-order valence-electron chi connectivity index (χ3n) is 4.42. The molecule has 6 heteroatoms. The number of ether oxygens (including phenoxy) is 1. The van der Waals surface area contributed by atoms with Gasteiger partial charge in [0, 0.05) is 42.9 Å². The van der Waals surface area contributed by atoms with Gasteiger partial charge >= 0.3 is 5.97 Å². The maximum absolute atomic E-state index is 12.6. The van der Waals surface area contributed by atoms with Crippen molar-refractivity contribution in [2.75, 3.05) is 19.7 Å². The zero-order valence-corrected chi connectivity index (χ0v) is 14.5. The van der Waals surface area contributed by atoms with Gasteiger partial charge in [-0.1, -0.05) is 24.3 Å². The first-order valence-electron chi connectivity index (χ1n) is 8.77. The van der Waals surface area contributed by atoms with Gasteiger partial charge in [-0.25, -0.2) is 0 Å². The van der Waals surface area contributed by atoms with Crippen LogP contribution in [0.4, 0.5) is 0 Å². The fourth-order valence-electron chi connectivity index (χ4n) is 3.08. The zero-order valence-electron chi connectivity index (χ0n) is 14.5. The van der Waals surface area contributed by atoms with Crippen molar-refractivity contribution in [3.63, 3.8) is 0 Å². The van der Waals surface area contributed by atoms with Crippen LogP contribution in [0.1, 0.15) is 24.8 Å².